The monoisotopic (exact) mass is 201 g/mol. The number of rotatable bonds is 3. The Labute approximate surface area is 84.7 Å². The van der Waals surface area contributed by atoms with Crippen molar-refractivity contribution in [3.8, 4) is 0 Å². The molecule has 82 valence electrons. The van der Waals surface area contributed by atoms with Crippen LogP contribution in [0.4, 0.5) is 0 Å². The Morgan fingerprint density at radius 2 is 1.86 bits per heavy atom. The van der Waals surface area contributed by atoms with Gasteiger partial charge in [0.15, 0.2) is 6.61 Å². The number of carbonyl (C=O) groups excluding carboxylic acids is 1. The third-order valence-electron chi connectivity index (χ3n) is 2.63. The lowest BCUT2D eigenvalue weighted by Gasteiger charge is -2.30. The average molecular weight is 201 g/mol. The molecule has 4 heteroatoms. The molecule has 0 spiro atoms. The minimum atomic E-state index is -0.362. The summed E-state index contributed by atoms with van der Waals surface area (Å²) >= 11 is 0. The summed E-state index contributed by atoms with van der Waals surface area (Å²) in [6.07, 6.45) is 3.19. The third-order valence-corrected chi connectivity index (χ3v) is 2.63. The fourth-order valence-electron chi connectivity index (χ4n) is 2.26. The van der Waals surface area contributed by atoms with E-state index < -0.39 is 0 Å². The van der Waals surface area contributed by atoms with Gasteiger partial charge in [-0.05, 0) is 31.1 Å². The van der Waals surface area contributed by atoms with Crippen LogP contribution in [0.15, 0.2) is 0 Å². The summed E-state index contributed by atoms with van der Waals surface area (Å²) in [5.74, 6) is 5.70. The summed E-state index contributed by atoms with van der Waals surface area (Å²) in [5, 5.41) is 0. The van der Waals surface area contributed by atoms with Gasteiger partial charge in [0.2, 0.25) is 0 Å². The van der Waals surface area contributed by atoms with Crippen LogP contribution >= 0.6 is 0 Å². The summed E-state index contributed by atoms with van der Waals surface area (Å²) in [7, 11) is 0. The molecule has 2 N–H and O–H groups in total. The predicted octanol–water partition coefficient (Wildman–Crippen LogP) is 1.24. The van der Waals surface area contributed by atoms with E-state index in [0.717, 1.165) is 12.8 Å². The molecule has 2 atom stereocenters. The lowest BCUT2D eigenvalue weighted by atomic mass is 9.82. The first-order chi connectivity index (χ1) is 6.61. The van der Waals surface area contributed by atoms with Gasteiger partial charge >= 0.3 is 5.97 Å². The van der Waals surface area contributed by atoms with E-state index in [9.17, 15) is 4.79 Å². The Balaban J connectivity index is 2.33. The summed E-state index contributed by atoms with van der Waals surface area (Å²) in [4.78, 5) is 15.3. The van der Waals surface area contributed by atoms with Crippen molar-refractivity contribution in [3.63, 3.8) is 0 Å². The molecular formula is C10H19NO3. The van der Waals surface area contributed by atoms with Gasteiger partial charge in [-0.2, -0.15) is 0 Å². The molecule has 0 aliphatic heterocycles. The van der Waals surface area contributed by atoms with E-state index in [0.29, 0.717) is 11.8 Å². The Morgan fingerprint density at radius 1 is 1.29 bits per heavy atom. The molecule has 0 amide bonds. The zero-order valence-corrected chi connectivity index (χ0v) is 8.86. The smallest absolute Gasteiger partial charge is 0.334 e. The average Bonchev–Trinajstić information content (AvgIpc) is 2.01. The van der Waals surface area contributed by atoms with Crippen molar-refractivity contribution in [2.24, 2.45) is 17.7 Å². The molecule has 4 nitrogen and oxygen atoms in total. The van der Waals surface area contributed by atoms with Crippen molar-refractivity contribution in [2.45, 2.75) is 39.2 Å². The zero-order valence-electron chi connectivity index (χ0n) is 8.86. The van der Waals surface area contributed by atoms with Crippen molar-refractivity contribution >= 4 is 5.97 Å². The van der Waals surface area contributed by atoms with E-state index in [1.54, 1.807) is 0 Å². The van der Waals surface area contributed by atoms with Crippen LogP contribution < -0.4 is 5.90 Å². The van der Waals surface area contributed by atoms with Crippen LogP contribution in [0.1, 0.15) is 33.1 Å². The van der Waals surface area contributed by atoms with Crippen LogP contribution in [0, 0.1) is 11.8 Å². The largest absolute Gasteiger partial charge is 0.461 e. The maximum absolute atomic E-state index is 11.1. The molecule has 0 aromatic carbocycles. The molecule has 0 radical (unpaired) electrons. The first kappa shape index (κ1) is 11.5. The molecule has 1 aliphatic carbocycles. The first-order valence-electron chi connectivity index (χ1n) is 5.13. The van der Waals surface area contributed by atoms with Gasteiger partial charge < -0.3 is 4.74 Å². The highest BCUT2D eigenvalue weighted by atomic mass is 16.6. The van der Waals surface area contributed by atoms with Crippen molar-refractivity contribution in [3.05, 3.63) is 0 Å². The number of hydrogen-bond donors (Lipinski definition) is 1. The second kappa shape index (κ2) is 5.32. The van der Waals surface area contributed by atoms with E-state index in [-0.39, 0.29) is 18.7 Å². The lowest BCUT2D eigenvalue weighted by molar-refractivity contribution is -0.157. The summed E-state index contributed by atoms with van der Waals surface area (Å²) in [5.41, 5.74) is 0. The number of nitrogens with two attached hydrogens (primary N) is 1. The van der Waals surface area contributed by atoms with Crippen LogP contribution in [-0.4, -0.2) is 18.7 Å². The maximum Gasteiger partial charge on any atom is 0.334 e. The van der Waals surface area contributed by atoms with E-state index in [1.807, 2.05) is 0 Å². The van der Waals surface area contributed by atoms with Gasteiger partial charge in [0.05, 0.1) is 0 Å². The van der Waals surface area contributed by atoms with E-state index in [2.05, 4.69) is 18.7 Å². The normalized spacial score (nSPS) is 32.6. The number of hydrogen-bond acceptors (Lipinski definition) is 4. The Morgan fingerprint density at radius 3 is 2.36 bits per heavy atom. The van der Waals surface area contributed by atoms with Crippen molar-refractivity contribution < 1.29 is 14.4 Å². The van der Waals surface area contributed by atoms with Crippen molar-refractivity contribution in [2.75, 3.05) is 6.61 Å². The first-order valence-corrected chi connectivity index (χ1v) is 5.13. The highest BCUT2D eigenvalue weighted by molar-refractivity contribution is 5.70. The third kappa shape index (κ3) is 3.64. The maximum atomic E-state index is 11.1. The van der Waals surface area contributed by atoms with Gasteiger partial charge in [-0.1, -0.05) is 13.8 Å². The standard InChI is InChI=1S/C10H19NO3/c1-7-3-8(2)5-9(4-7)14-10(12)6-13-11/h7-9H,3-6,11H2,1-2H3. The fourth-order valence-corrected chi connectivity index (χ4v) is 2.26. The number of carbonyl (C=O) groups is 1. The van der Waals surface area contributed by atoms with E-state index in [1.165, 1.54) is 6.42 Å². The molecule has 1 saturated carbocycles. The molecule has 0 aromatic heterocycles. The van der Waals surface area contributed by atoms with Gasteiger partial charge in [-0.3, -0.25) is 4.84 Å². The lowest BCUT2D eigenvalue weighted by Crippen LogP contribution is -2.30. The summed E-state index contributed by atoms with van der Waals surface area (Å²) < 4.78 is 5.23. The molecule has 1 aliphatic rings. The minimum absolute atomic E-state index is 0.0522. The Bertz CT molecular complexity index is 186. The summed E-state index contributed by atoms with van der Waals surface area (Å²) in [6.45, 7) is 4.23. The van der Waals surface area contributed by atoms with Gasteiger partial charge in [0, 0.05) is 0 Å². The molecule has 2 unspecified atom stereocenters. The zero-order chi connectivity index (χ0) is 10.6. The molecule has 0 aromatic rings. The number of esters is 1. The number of ether oxygens (including phenoxy) is 1. The van der Waals surface area contributed by atoms with Crippen molar-refractivity contribution in [1.82, 2.24) is 0 Å². The van der Waals surface area contributed by atoms with E-state index >= 15 is 0 Å². The fraction of sp³-hybridized carbons (Fsp3) is 0.900. The second-order valence-corrected chi connectivity index (χ2v) is 4.34. The van der Waals surface area contributed by atoms with Gasteiger partial charge in [0.25, 0.3) is 0 Å². The molecule has 14 heavy (non-hydrogen) atoms. The molecule has 1 rings (SSSR count). The molecular weight excluding hydrogens is 182 g/mol. The SMILES string of the molecule is CC1CC(C)CC(OC(=O)CON)C1. The van der Waals surface area contributed by atoms with Crippen molar-refractivity contribution in [1.29, 1.82) is 0 Å². The van der Waals surface area contributed by atoms with Gasteiger partial charge in [0.1, 0.15) is 6.10 Å². The highest BCUT2D eigenvalue weighted by Crippen LogP contribution is 2.30. The molecule has 0 bridgehead atoms. The molecule has 1 fully saturated rings. The van der Waals surface area contributed by atoms with Crippen LogP contribution in [0.5, 0.6) is 0 Å². The highest BCUT2D eigenvalue weighted by Gasteiger charge is 2.26. The Hall–Kier alpha value is -0.610. The van der Waals surface area contributed by atoms with Crippen LogP contribution in [-0.2, 0) is 14.4 Å². The molecule has 0 saturated heterocycles. The minimum Gasteiger partial charge on any atom is -0.461 e. The topological polar surface area (TPSA) is 61.5 Å². The van der Waals surface area contributed by atoms with Gasteiger partial charge in [-0.25, -0.2) is 10.7 Å². The van der Waals surface area contributed by atoms with Crippen LogP contribution in [0.3, 0.4) is 0 Å². The van der Waals surface area contributed by atoms with Gasteiger partial charge in [-0.15, -0.1) is 0 Å². The summed E-state index contributed by atoms with van der Waals surface area (Å²) in [6, 6.07) is 0. The van der Waals surface area contributed by atoms with Crippen LogP contribution in [0.2, 0.25) is 0 Å². The second-order valence-electron chi connectivity index (χ2n) is 4.34. The molecule has 0 heterocycles. The quantitative estimate of drug-likeness (QED) is 0.551. The van der Waals surface area contributed by atoms with E-state index in [4.69, 9.17) is 10.6 Å². The Kier molecular flexibility index (Phi) is 4.35. The van der Waals surface area contributed by atoms with Crippen LogP contribution in [0.25, 0.3) is 0 Å². The predicted molar refractivity (Wildman–Crippen MR) is 52.2 cm³/mol.